The first-order chi connectivity index (χ1) is 10.4. The maximum atomic E-state index is 12.5. The Balaban J connectivity index is 1.82. The summed E-state index contributed by atoms with van der Waals surface area (Å²) in [7, 11) is -1.08. The topological polar surface area (TPSA) is 42.0 Å². The lowest BCUT2D eigenvalue weighted by Gasteiger charge is -2.09. The van der Waals surface area contributed by atoms with E-state index in [9.17, 15) is 17.4 Å². The minimum absolute atomic E-state index is 0.131. The van der Waals surface area contributed by atoms with Crippen molar-refractivity contribution in [3.8, 4) is 0 Å². The fourth-order valence-corrected chi connectivity index (χ4v) is 2.85. The molecular weight excluding hydrogens is 313 g/mol. The van der Waals surface area contributed by atoms with Crippen LogP contribution in [0.5, 0.6) is 0 Å². The quantitative estimate of drug-likeness (QED) is 0.883. The second kappa shape index (κ2) is 7.40. The first kappa shape index (κ1) is 16.5. The number of nitrogens with one attached hydrogen (secondary N) is 1. The molecule has 7 heteroatoms. The fourth-order valence-electron chi connectivity index (χ4n) is 1.82. The number of hydrogen-bond donors (Lipinski definition) is 1. The van der Waals surface area contributed by atoms with E-state index >= 15 is 0 Å². The van der Waals surface area contributed by atoms with Crippen molar-refractivity contribution in [2.45, 2.75) is 11.9 Å². The Morgan fingerprint density at radius 2 is 1.77 bits per heavy atom. The maximum Gasteiger partial charge on any atom is 0.433 e. The molecule has 0 saturated carbocycles. The first-order valence-electron chi connectivity index (χ1n) is 6.62. The van der Waals surface area contributed by atoms with Gasteiger partial charge in [0.05, 0.1) is 0 Å². The van der Waals surface area contributed by atoms with Gasteiger partial charge in [-0.3, -0.25) is 4.21 Å². The summed E-state index contributed by atoms with van der Waals surface area (Å²) in [5.41, 5.74) is 0.0286. The lowest BCUT2D eigenvalue weighted by Crippen LogP contribution is -2.15. The molecule has 0 unspecified atom stereocenters. The summed E-state index contributed by atoms with van der Waals surface area (Å²) >= 11 is 0. The molecule has 0 saturated heterocycles. The molecule has 0 aliphatic rings. The predicted molar refractivity (Wildman–Crippen MR) is 80.9 cm³/mol. The SMILES string of the molecule is O=[S@](CCNc1cccc(C(F)(F)F)n1)Cc1ccccc1. The second-order valence-electron chi connectivity index (χ2n) is 4.61. The number of halogens is 3. The molecule has 22 heavy (non-hydrogen) atoms. The summed E-state index contributed by atoms with van der Waals surface area (Å²) < 4.78 is 49.5. The number of rotatable bonds is 6. The van der Waals surface area contributed by atoms with Gasteiger partial charge in [-0.2, -0.15) is 13.2 Å². The summed E-state index contributed by atoms with van der Waals surface area (Å²) in [6.45, 7) is 0.299. The van der Waals surface area contributed by atoms with Gasteiger partial charge in [0.15, 0.2) is 0 Å². The molecule has 1 atom stereocenters. The Morgan fingerprint density at radius 1 is 1.05 bits per heavy atom. The number of hydrogen-bond acceptors (Lipinski definition) is 3. The van der Waals surface area contributed by atoms with Gasteiger partial charge in [0.1, 0.15) is 11.5 Å². The minimum atomic E-state index is -4.46. The van der Waals surface area contributed by atoms with Gasteiger partial charge >= 0.3 is 6.18 Å². The van der Waals surface area contributed by atoms with Crippen LogP contribution in [0.25, 0.3) is 0 Å². The lowest BCUT2D eigenvalue weighted by molar-refractivity contribution is -0.141. The molecule has 1 N–H and O–H groups in total. The van der Waals surface area contributed by atoms with Crippen LogP contribution in [0.1, 0.15) is 11.3 Å². The van der Waals surface area contributed by atoms with Crippen molar-refractivity contribution in [2.75, 3.05) is 17.6 Å². The molecule has 3 nitrogen and oxygen atoms in total. The smallest absolute Gasteiger partial charge is 0.369 e. The molecule has 2 aromatic rings. The van der Waals surface area contributed by atoms with Gasteiger partial charge in [0.2, 0.25) is 0 Å². The van der Waals surface area contributed by atoms with Crippen LogP contribution in [0.3, 0.4) is 0 Å². The minimum Gasteiger partial charge on any atom is -0.369 e. The fraction of sp³-hybridized carbons (Fsp3) is 0.267. The highest BCUT2D eigenvalue weighted by molar-refractivity contribution is 7.84. The Hall–Kier alpha value is -1.89. The maximum absolute atomic E-state index is 12.5. The molecule has 0 spiro atoms. The van der Waals surface area contributed by atoms with Crippen molar-refractivity contribution >= 4 is 16.6 Å². The monoisotopic (exact) mass is 328 g/mol. The summed E-state index contributed by atoms with van der Waals surface area (Å²) in [6, 6.07) is 13.1. The molecule has 0 fully saturated rings. The van der Waals surface area contributed by atoms with Gasteiger partial charge in [-0.1, -0.05) is 36.4 Å². The van der Waals surface area contributed by atoms with E-state index in [0.29, 0.717) is 18.1 Å². The summed E-state index contributed by atoms with van der Waals surface area (Å²) in [5.74, 6) is 0.900. The van der Waals surface area contributed by atoms with E-state index in [0.717, 1.165) is 11.6 Å². The van der Waals surface area contributed by atoms with Crippen LogP contribution in [0.4, 0.5) is 19.0 Å². The Labute approximate surface area is 129 Å². The number of anilines is 1. The van der Waals surface area contributed by atoms with E-state index in [1.54, 1.807) is 0 Å². The molecule has 1 aromatic carbocycles. The third-order valence-corrected chi connectivity index (χ3v) is 4.16. The largest absolute Gasteiger partial charge is 0.433 e. The van der Waals surface area contributed by atoms with Gasteiger partial charge in [0.25, 0.3) is 0 Å². The molecule has 2 rings (SSSR count). The van der Waals surface area contributed by atoms with Crippen molar-refractivity contribution < 1.29 is 17.4 Å². The van der Waals surface area contributed by atoms with Crippen LogP contribution >= 0.6 is 0 Å². The third kappa shape index (κ3) is 5.14. The normalized spacial score (nSPS) is 12.9. The van der Waals surface area contributed by atoms with E-state index in [2.05, 4.69) is 10.3 Å². The highest BCUT2D eigenvalue weighted by atomic mass is 32.2. The zero-order chi connectivity index (χ0) is 16.0. The van der Waals surface area contributed by atoms with Crippen LogP contribution in [0, 0.1) is 0 Å². The van der Waals surface area contributed by atoms with Gasteiger partial charge in [-0.15, -0.1) is 0 Å². The van der Waals surface area contributed by atoms with E-state index in [-0.39, 0.29) is 5.82 Å². The first-order valence-corrected chi connectivity index (χ1v) is 8.11. The summed E-state index contributed by atoms with van der Waals surface area (Å²) in [5, 5.41) is 2.77. The third-order valence-electron chi connectivity index (χ3n) is 2.85. The van der Waals surface area contributed by atoms with Crippen LogP contribution in [-0.4, -0.2) is 21.5 Å². The zero-order valence-electron chi connectivity index (χ0n) is 11.6. The highest BCUT2D eigenvalue weighted by Crippen LogP contribution is 2.28. The van der Waals surface area contributed by atoms with Crippen LogP contribution in [0.2, 0.25) is 0 Å². The van der Waals surface area contributed by atoms with Gasteiger partial charge in [-0.05, 0) is 17.7 Å². The molecule has 0 amide bonds. The molecule has 0 bridgehead atoms. The van der Waals surface area contributed by atoms with Crippen LogP contribution < -0.4 is 5.32 Å². The van der Waals surface area contributed by atoms with Crippen molar-refractivity contribution in [1.29, 1.82) is 0 Å². The zero-order valence-corrected chi connectivity index (χ0v) is 12.5. The molecule has 1 aromatic heterocycles. The van der Waals surface area contributed by atoms with Gasteiger partial charge in [0, 0.05) is 28.9 Å². The van der Waals surface area contributed by atoms with Crippen LogP contribution in [-0.2, 0) is 22.7 Å². The molecule has 1 heterocycles. The Morgan fingerprint density at radius 3 is 2.45 bits per heavy atom. The number of alkyl halides is 3. The van der Waals surface area contributed by atoms with E-state index in [1.165, 1.54) is 12.1 Å². The lowest BCUT2D eigenvalue weighted by atomic mass is 10.2. The Kier molecular flexibility index (Phi) is 5.54. The van der Waals surface area contributed by atoms with Crippen molar-refractivity contribution in [3.63, 3.8) is 0 Å². The Bertz CT molecular complexity index is 632. The number of pyridine rings is 1. The molecule has 0 radical (unpaired) electrons. The van der Waals surface area contributed by atoms with Crippen molar-refractivity contribution in [1.82, 2.24) is 4.98 Å². The van der Waals surface area contributed by atoms with E-state index < -0.39 is 22.7 Å². The van der Waals surface area contributed by atoms with E-state index in [1.807, 2.05) is 30.3 Å². The average Bonchev–Trinajstić information content (AvgIpc) is 2.48. The predicted octanol–water partition coefficient (Wildman–Crippen LogP) is 3.46. The molecule has 0 aliphatic heterocycles. The number of nitrogens with zero attached hydrogens (tertiary/aromatic N) is 1. The standard InChI is InChI=1S/C15H15F3N2OS/c16-15(17,18)13-7-4-8-14(20-13)19-9-10-22(21)11-12-5-2-1-3-6-12/h1-8H,9-11H2,(H,19,20)/t22-/m1/s1. The number of benzene rings is 1. The van der Waals surface area contributed by atoms with Gasteiger partial charge in [-0.25, -0.2) is 4.98 Å². The molecular formula is C15H15F3N2OS. The average molecular weight is 328 g/mol. The van der Waals surface area contributed by atoms with E-state index in [4.69, 9.17) is 0 Å². The molecule has 0 aliphatic carbocycles. The van der Waals surface area contributed by atoms with Gasteiger partial charge < -0.3 is 5.32 Å². The van der Waals surface area contributed by atoms with Crippen molar-refractivity contribution in [3.05, 3.63) is 59.8 Å². The molecule has 118 valence electrons. The number of aromatic nitrogens is 1. The van der Waals surface area contributed by atoms with Crippen molar-refractivity contribution in [2.24, 2.45) is 0 Å². The second-order valence-corrected chi connectivity index (χ2v) is 6.18. The van der Waals surface area contributed by atoms with Crippen LogP contribution in [0.15, 0.2) is 48.5 Å². The summed E-state index contributed by atoms with van der Waals surface area (Å²) in [6.07, 6.45) is -4.46. The summed E-state index contributed by atoms with van der Waals surface area (Å²) in [4.78, 5) is 3.49. The highest BCUT2D eigenvalue weighted by Gasteiger charge is 2.32.